The molecule has 0 bridgehead atoms. The molecule has 4 rings (SSSR count). The van der Waals surface area contributed by atoms with Gasteiger partial charge in [0.1, 0.15) is 5.75 Å². The van der Waals surface area contributed by atoms with E-state index in [1.165, 1.54) is 0 Å². The molecule has 3 heterocycles. The first-order valence-electron chi connectivity index (χ1n) is 9.28. The molecule has 1 aromatic carbocycles. The first-order valence-corrected chi connectivity index (χ1v) is 11.1. The third-order valence-corrected chi connectivity index (χ3v) is 7.22. The van der Waals surface area contributed by atoms with Crippen LogP contribution in [0, 0.1) is 13.8 Å². The van der Waals surface area contributed by atoms with E-state index >= 15 is 0 Å². The summed E-state index contributed by atoms with van der Waals surface area (Å²) >= 11 is 0. The molecule has 1 saturated heterocycles. The van der Waals surface area contributed by atoms with Crippen molar-refractivity contribution in [3.8, 4) is 17.2 Å². The summed E-state index contributed by atoms with van der Waals surface area (Å²) in [6.07, 6.45) is 0.616. The van der Waals surface area contributed by atoms with Crippen LogP contribution in [0.25, 0.3) is 0 Å². The van der Waals surface area contributed by atoms with Gasteiger partial charge < -0.3 is 14.6 Å². The van der Waals surface area contributed by atoms with Crippen molar-refractivity contribution < 1.29 is 23.0 Å². The fourth-order valence-corrected chi connectivity index (χ4v) is 5.66. The Morgan fingerprint density at radius 2 is 1.96 bits per heavy atom. The van der Waals surface area contributed by atoms with Crippen molar-refractivity contribution >= 4 is 9.84 Å². The molecule has 1 atom stereocenters. The van der Waals surface area contributed by atoms with Crippen molar-refractivity contribution in [1.82, 2.24) is 14.7 Å². The van der Waals surface area contributed by atoms with Gasteiger partial charge in [-0.25, -0.2) is 8.42 Å². The number of ether oxygens (including phenoxy) is 2. The van der Waals surface area contributed by atoms with Crippen LogP contribution in [0.1, 0.15) is 35.0 Å². The minimum Gasteiger partial charge on any atom is -0.507 e. The molecule has 0 aliphatic carbocycles. The number of phenols is 1. The molecule has 2 aliphatic heterocycles. The van der Waals surface area contributed by atoms with Gasteiger partial charge in [-0.05, 0) is 33.4 Å². The number of hydrogen-bond donors (Lipinski definition) is 1. The summed E-state index contributed by atoms with van der Waals surface area (Å²) < 4.78 is 36.2. The SMILES string of the molecule is Cc1nn(C2CCS(=O)(=O)C2)c(C)c1CN(C)Cc1cc2c(cc1O)OCO2. The fourth-order valence-electron chi connectivity index (χ4n) is 3.97. The average molecular weight is 407 g/mol. The van der Waals surface area contributed by atoms with E-state index in [0.717, 1.165) is 22.5 Å². The average Bonchev–Trinajstić information content (AvgIpc) is 3.28. The van der Waals surface area contributed by atoms with E-state index in [2.05, 4.69) is 10.00 Å². The standard InChI is InChI=1S/C19H25N3O5S/c1-12-16(13(2)22(20-12)15-4-5-28(24,25)10-15)9-21(3)8-14-6-18-19(7-17(14)23)27-11-26-18/h6-7,15,23H,4-5,8-11H2,1-3H3. The molecular formula is C19H25N3O5S. The summed E-state index contributed by atoms with van der Waals surface area (Å²) in [4.78, 5) is 2.09. The number of aromatic nitrogens is 2. The van der Waals surface area contributed by atoms with Gasteiger partial charge in [0.15, 0.2) is 21.3 Å². The summed E-state index contributed by atoms with van der Waals surface area (Å²) in [6, 6.07) is 3.31. The maximum absolute atomic E-state index is 11.8. The zero-order valence-electron chi connectivity index (χ0n) is 16.3. The van der Waals surface area contributed by atoms with E-state index in [4.69, 9.17) is 9.47 Å². The Morgan fingerprint density at radius 1 is 1.25 bits per heavy atom. The minimum absolute atomic E-state index is 0.0827. The third kappa shape index (κ3) is 3.56. The Bertz CT molecular complexity index is 1020. The van der Waals surface area contributed by atoms with Crippen molar-refractivity contribution in [1.29, 1.82) is 0 Å². The number of fused-ring (bicyclic) bond motifs is 1. The minimum atomic E-state index is -2.96. The lowest BCUT2D eigenvalue weighted by Gasteiger charge is -2.18. The summed E-state index contributed by atoms with van der Waals surface area (Å²) in [7, 11) is -0.986. The number of phenolic OH excluding ortho intramolecular Hbond substituents is 1. The fraction of sp³-hybridized carbons (Fsp3) is 0.526. The highest BCUT2D eigenvalue weighted by molar-refractivity contribution is 7.91. The summed E-state index contributed by atoms with van der Waals surface area (Å²) in [6.45, 7) is 5.29. The number of rotatable bonds is 5. The molecule has 1 N–H and O–H groups in total. The molecule has 1 aromatic heterocycles. The van der Waals surface area contributed by atoms with Gasteiger partial charge in [0, 0.05) is 36.0 Å². The number of sulfone groups is 1. The molecule has 1 fully saturated rings. The second-order valence-electron chi connectivity index (χ2n) is 7.66. The van der Waals surface area contributed by atoms with Crippen LogP contribution in [0.4, 0.5) is 0 Å². The van der Waals surface area contributed by atoms with E-state index in [1.54, 1.807) is 12.1 Å². The number of aromatic hydroxyl groups is 1. The second-order valence-corrected chi connectivity index (χ2v) is 9.89. The van der Waals surface area contributed by atoms with Crippen molar-refractivity contribution in [3.05, 3.63) is 34.6 Å². The molecule has 28 heavy (non-hydrogen) atoms. The maximum atomic E-state index is 11.8. The van der Waals surface area contributed by atoms with Crippen LogP contribution in [-0.4, -0.2) is 53.6 Å². The lowest BCUT2D eigenvalue weighted by Crippen LogP contribution is -2.19. The zero-order valence-corrected chi connectivity index (χ0v) is 17.1. The number of nitrogens with zero attached hydrogens (tertiary/aromatic N) is 3. The number of aryl methyl sites for hydroxylation is 1. The Morgan fingerprint density at radius 3 is 2.64 bits per heavy atom. The number of hydrogen-bond acceptors (Lipinski definition) is 7. The molecule has 8 nitrogen and oxygen atoms in total. The highest BCUT2D eigenvalue weighted by Crippen LogP contribution is 2.38. The van der Waals surface area contributed by atoms with Gasteiger partial charge in [-0.3, -0.25) is 9.58 Å². The highest BCUT2D eigenvalue weighted by Gasteiger charge is 2.31. The van der Waals surface area contributed by atoms with Crippen LogP contribution in [-0.2, 0) is 22.9 Å². The molecule has 0 amide bonds. The predicted octanol–water partition coefficient (Wildman–Crippen LogP) is 1.93. The lowest BCUT2D eigenvalue weighted by molar-refractivity contribution is 0.174. The van der Waals surface area contributed by atoms with Gasteiger partial charge in [0.05, 0.1) is 23.2 Å². The van der Waals surface area contributed by atoms with Crippen molar-refractivity contribution in [2.45, 2.75) is 39.4 Å². The van der Waals surface area contributed by atoms with Gasteiger partial charge in [-0.15, -0.1) is 0 Å². The van der Waals surface area contributed by atoms with E-state index in [0.29, 0.717) is 31.0 Å². The van der Waals surface area contributed by atoms with Crippen molar-refractivity contribution in [3.63, 3.8) is 0 Å². The molecule has 0 saturated carbocycles. The summed E-state index contributed by atoms with van der Waals surface area (Å²) in [5.41, 5.74) is 3.76. The van der Waals surface area contributed by atoms with E-state index in [9.17, 15) is 13.5 Å². The maximum Gasteiger partial charge on any atom is 0.231 e. The van der Waals surface area contributed by atoms with Crippen LogP contribution in [0.5, 0.6) is 17.2 Å². The molecule has 0 radical (unpaired) electrons. The Hall–Kier alpha value is -2.26. The smallest absolute Gasteiger partial charge is 0.231 e. The normalized spacial score (nSPS) is 20.2. The van der Waals surface area contributed by atoms with Crippen LogP contribution >= 0.6 is 0 Å². The molecule has 2 aromatic rings. The number of benzene rings is 1. The molecule has 1 unspecified atom stereocenters. The van der Waals surface area contributed by atoms with Crippen LogP contribution in [0.15, 0.2) is 12.1 Å². The van der Waals surface area contributed by atoms with Crippen molar-refractivity contribution in [2.75, 3.05) is 25.3 Å². The molecular weight excluding hydrogens is 382 g/mol. The van der Waals surface area contributed by atoms with Gasteiger partial charge in [-0.2, -0.15) is 5.10 Å². The third-order valence-electron chi connectivity index (χ3n) is 5.47. The summed E-state index contributed by atoms with van der Waals surface area (Å²) in [5, 5.41) is 14.9. The van der Waals surface area contributed by atoms with E-state index < -0.39 is 9.84 Å². The molecule has 152 valence electrons. The van der Waals surface area contributed by atoms with Crippen LogP contribution in [0.3, 0.4) is 0 Å². The van der Waals surface area contributed by atoms with Gasteiger partial charge >= 0.3 is 0 Å². The Balaban J connectivity index is 1.50. The topological polar surface area (TPSA) is 93.9 Å². The predicted molar refractivity (Wildman–Crippen MR) is 103 cm³/mol. The molecule has 2 aliphatic rings. The van der Waals surface area contributed by atoms with Crippen LogP contribution in [0.2, 0.25) is 0 Å². The van der Waals surface area contributed by atoms with Gasteiger partial charge in [-0.1, -0.05) is 0 Å². The van der Waals surface area contributed by atoms with E-state index in [1.807, 2.05) is 25.6 Å². The van der Waals surface area contributed by atoms with Crippen LogP contribution < -0.4 is 9.47 Å². The highest BCUT2D eigenvalue weighted by atomic mass is 32.2. The Labute approximate surface area is 164 Å². The van der Waals surface area contributed by atoms with Gasteiger partial charge in [0.2, 0.25) is 6.79 Å². The largest absolute Gasteiger partial charge is 0.507 e. The zero-order chi connectivity index (χ0) is 20.1. The first kappa shape index (κ1) is 19.1. The Kier molecular flexibility index (Phi) is 4.75. The lowest BCUT2D eigenvalue weighted by atomic mass is 10.1. The van der Waals surface area contributed by atoms with E-state index in [-0.39, 0.29) is 30.1 Å². The van der Waals surface area contributed by atoms with Crippen molar-refractivity contribution in [2.24, 2.45) is 0 Å². The monoisotopic (exact) mass is 407 g/mol. The van der Waals surface area contributed by atoms with Gasteiger partial charge in [0.25, 0.3) is 0 Å². The summed E-state index contributed by atoms with van der Waals surface area (Å²) in [5.74, 6) is 1.77. The first-order chi connectivity index (χ1) is 13.2. The quantitative estimate of drug-likeness (QED) is 0.809. The molecule has 0 spiro atoms. The second kappa shape index (κ2) is 6.97. The molecule has 9 heteroatoms.